The molecule has 0 aliphatic carbocycles. The Morgan fingerprint density at radius 1 is 1.23 bits per heavy atom. The molecule has 26 heavy (non-hydrogen) atoms. The van der Waals surface area contributed by atoms with Crippen LogP contribution >= 0.6 is 0 Å². The number of aliphatic hydroxyl groups is 1. The van der Waals surface area contributed by atoms with Gasteiger partial charge in [-0.2, -0.15) is 0 Å². The minimum atomic E-state index is -1.93. The van der Waals surface area contributed by atoms with E-state index >= 15 is 0 Å². The Balaban J connectivity index is 1.91. The van der Waals surface area contributed by atoms with Crippen molar-refractivity contribution in [3.05, 3.63) is 29.8 Å². The van der Waals surface area contributed by atoms with Gasteiger partial charge in [0.05, 0.1) is 11.4 Å². The third-order valence-corrected chi connectivity index (χ3v) is 5.88. The van der Waals surface area contributed by atoms with Crippen molar-refractivity contribution in [3.8, 4) is 0 Å². The Morgan fingerprint density at radius 2 is 1.88 bits per heavy atom. The van der Waals surface area contributed by atoms with E-state index in [1.54, 1.807) is 38.2 Å². The fraction of sp³-hybridized carbons (Fsp3) is 0.471. The summed E-state index contributed by atoms with van der Waals surface area (Å²) in [7, 11) is 0.297. The van der Waals surface area contributed by atoms with Crippen molar-refractivity contribution in [1.29, 1.82) is 0 Å². The maximum Gasteiger partial charge on any atom is 0.263 e. The summed E-state index contributed by atoms with van der Waals surface area (Å²) in [6.45, 7) is 1.55. The molecule has 3 amide bonds. The molecule has 0 spiro atoms. The number of amides is 3. The Bertz CT molecular complexity index is 813. The summed E-state index contributed by atoms with van der Waals surface area (Å²) in [5, 5.41) is 16.4. The molecule has 1 aromatic rings. The highest BCUT2D eigenvalue weighted by Gasteiger charge is 2.56. The molecule has 2 aliphatic rings. The summed E-state index contributed by atoms with van der Waals surface area (Å²) in [5.41, 5.74) is -0.964. The minimum absolute atomic E-state index is 0.00738. The van der Waals surface area contributed by atoms with Crippen LogP contribution in [-0.2, 0) is 30.8 Å². The van der Waals surface area contributed by atoms with Crippen molar-refractivity contribution in [3.63, 3.8) is 0 Å². The number of fused-ring (bicyclic) bond motifs is 1. The van der Waals surface area contributed by atoms with Gasteiger partial charge in [0.25, 0.3) is 5.91 Å². The van der Waals surface area contributed by atoms with Gasteiger partial charge in [-0.05, 0) is 6.07 Å². The Morgan fingerprint density at radius 3 is 2.54 bits per heavy atom. The predicted molar refractivity (Wildman–Crippen MR) is 95.7 cm³/mol. The minimum Gasteiger partial charge on any atom is -0.375 e. The highest BCUT2D eigenvalue weighted by atomic mass is 32.2. The van der Waals surface area contributed by atoms with Gasteiger partial charge in [-0.3, -0.25) is 18.6 Å². The van der Waals surface area contributed by atoms with Crippen molar-refractivity contribution in [2.75, 3.05) is 24.0 Å². The first-order valence-corrected chi connectivity index (χ1v) is 9.91. The summed E-state index contributed by atoms with van der Waals surface area (Å²) < 4.78 is 11.3. The number of hydrogen-bond acceptors (Lipinski definition) is 5. The molecule has 0 saturated carbocycles. The predicted octanol–water partition coefficient (Wildman–Crippen LogP) is -1.15. The first kappa shape index (κ1) is 18.5. The number of benzene rings is 1. The number of likely N-dealkylation sites (N-methyl/N-ethyl adjacent to an activating group) is 1. The normalized spacial score (nSPS) is 30.5. The van der Waals surface area contributed by atoms with Crippen molar-refractivity contribution in [2.45, 2.75) is 24.6 Å². The monoisotopic (exact) mass is 379 g/mol. The SMILES string of the molecule is C[C@H]([C@@H]1NC(=O)[C@@H](C[S@](C)=O)NC1=O)[C@@]1(O)C(=O)N(C)c2ccccc21. The highest BCUT2D eigenvalue weighted by molar-refractivity contribution is 7.84. The van der Waals surface area contributed by atoms with Crippen LogP contribution in [0.15, 0.2) is 24.3 Å². The van der Waals surface area contributed by atoms with E-state index < -0.39 is 52.1 Å². The van der Waals surface area contributed by atoms with Crippen LogP contribution in [0.5, 0.6) is 0 Å². The van der Waals surface area contributed by atoms with Crippen LogP contribution in [-0.4, -0.2) is 58.2 Å². The van der Waals surface area contributed by atoms with Crippen LogP contribution in [0.4, 0.5) is 5.69 Å². The molecule has 9 heteroatoms. The van der Waals surface area contributed by atoms with Gasteiger partial charge >= 0.3 is 0 Å². The summed E-state index contributed by atoms with van der Waals surface area (Å²) in [5.74, 6) is -2.44. The molecule has 0 radical (unpaired) electrons. The zero-order valence-corrected chi connectivity index (χ0v) is 15.5. The number of carbonyl (C=O) groups excluding carboxylic acids is 3. The van der Waals surface area contributed by atoms with Crippen LogP contribution in [0.2, 0.25) is 0 Å². The fourth-order valence-electron chi connectivity index (χ4n) is 3.60. The molecule has 0 aromatic heterocycles. The first-order valence-electron chi connectivity index (χ1n) is 8.18. The van der Waals surface area contributed by atoms with E-state index in [-0.39, 0.29) is 5.75 Å². The lowest BCUT2D eigenvalue weighted by Crippen LogP contribution is -2.67. The third-order valence-electron chi connectivity index (χ3n) is 5.08. The van der Waals surface area contributed by atoms with E-state index in [1.165, 1.54) is 11.2 Å². The number of piperazine rings is 1. The molecule has 0 bridgehead atoms. The smallest absolute Gasteiger partial charge is 0.263 e. The molecule has 3 N–H and O–H groups in total. The number of rotatable bonds is 4. The van der Waals surface area contributed by atoms with Crippen molar-refractivity contribution in [1.82, 2.24) is 10.6 Å². The van der Waals surface area contributed by atoms with Crippen LogP contribution in [0.3, 0.4) is 0 Å². The number of para-hydroxylation sites is 1. The molecule has 5 atom stereocenters. The molecule has 140 valence electrons. The average Bonchev–Trinajstić information content (AvgIpc) is 2.80. The number of hydrogen-bond donors (Lipinski definition) is 3. The Kier molecular flexibility index (Phi) is 4.61. The van der Waals surface area contributed by atoms with Crippen molar-refractivity contribution < 1.29 is 23.7 Å². The second kappa shape index (κ2) is 6.48. The number of carbonyl (C=O) groups is 3. The highest BCUT2D eigenvalue weighted by Crippen LogP contribution is 2.45. The largest absolute Gasteiger partial charge is 0.375 e. The van der Waals surface area contributed by atoms with E-state index in [1.807, 2.05) is 0 Å². The molecular formula is C17H21N3O5S. The lowest BCUT2D eigenvalue weighted by molar-refractivity contribution is -0.149. The maximum absolute atomic E-state index is 12.8. The van der Waals surface area contributed by atoms with Crippen LogP contribution in [0, 0.1) is 5.92 Å². The van der Waals surface area contributed by atoms with Crippen molar-refractivity contribution >= 4 is 34.2 Å². The zero-order chi connectivity index (χ0) is 19.2. The molecule has 0 unspecified atom stereocenters. The van der Waals surface area contributed by atoms with Crippen molar-refractivity contribution in [2.24, 2.45) is 5.92 Å². The van der Waals surface area contributed by atoms with Gasteiger partial charge in [-0.1, -0.05) is 25.1 Å². The van der Waals surface area contributed by atoms with Gasteiger partial charge in [-0.15, -0.1) is 0 Å². The number of nitrogens with zero attached hydrogens (tertiary/aromatic N) is 1. The van der Waals surface area contributed by atoms with Gasteiger partial charge in [0.1, 0.15) is 12.1 Å². The summed E-state index contributed by atoms with van der Waals surface area (Å²) in [6, 6.07) is 4.83. The zero-order valence-electron chi connectivity index (χ0n) is 14.7. The van der Waals surface area contributed by atoms with Gasteiger partial charge in [0, 0.05) is 35.6 Å². The van der Waals surface area contributed by atoms with Gasteiger partial charge in [0.15, 0.2) is 5.60 Å². The number of nitrogens with one attached hydrogen (secondary N) is 2. The third kappa shape index (κ3) is 2.71. The lowest BCUT2D eigenvalue weighted by atomic mass is 9.78. The standard InChI is InChI=1S/C17H21N3O5S/c1-9(13-15(22)18-11(8-26(3)25)14(21)19-13)17(24)10-6-4-5-7-12(10)20(2)16(17)23/h4-7,9,11,13,24H,8H2,1-3H3,(H,18,22)(H,19,21)/t9-,11-,13+,17+,26+/m1/s1. The average molecular weight is 379 g/mol. The fourth-order valence-corrected chi connectivity index (χ4v) is 4.30. The van der Waals surface area contributed by atoms with E-state index in [2.05, 4.69) is 10.6 Å². The second-order valence-corrected chi connectivity index (χ2v) is 8.20. The Labute approximate surface area is 153 Å². The molecule has 1 fully saturated rings. The number of anilines is 1. The topological polar surface area (TPSA) is 116 Å². The first-order chi connectivity index (χ1) is 12.2. The summed E-state index contributed by atoms with van der Waals surface area (Å²) >= 11 is 0. The quantitative estimate of drug-likeness (QED) is 0.611. The molecule has 1 aromatic carbocycles. The molecule has 2 aliphatic heterocycles. The van der Waals surface area contributed by atoms with Crippen LogP contribution in [0.1, 0.15) is 12.5 Å². The van der Waals surface area contributed by atoms with E-state index in [4.69, 9.17) is 0 Å². The van der Waals surface area contributed by atoms with Crippen LogP contribution < -0.4 is 15.5 Å². The summed E-state index contributed by atoms with van der Waals surface area (Å²) in [6.07, 6.45) is 1.45. The second-order valence-electron chi connectivity index (χ2n) is 6.72. The maximum atomic E-state index is 12.8. The lowest BCUT2D eigenvalue weighted by Gasteiger charge is -2.38. The molecule has 1 saturated heterocycles. The van der Waals surface area contributed by atoms with Crippen LogP contribution in [0.25, 0.3) is 0 Å². The molecule has 2 heterocycles. The molecular weight excluding hydrogens is 358 g/mol. The molecule has 3 rings (SSSR count). The van der Waals surface area contributed by atoms with E-state index in [9.17, 15) is 23.7 Å². The van der Waals surface area contributed by atoms with E-state index in [0.717, 1.165) is 0 Å². The van der Waals surface area contributed by atoms with Gasteiger partial charge in [-0.25, -0.2) is 0 Å². The summed E-state index contributed by atoms with van der Waals surface area (Å²) in [4.78, 5) is 38.9. The van der Waals surface area contributed by atoms with Gasteiger partial charge < -0.3 is 20.6 Å². The Hall–Kier alpha value is -2.26. The van der Waals surface area contributed by atoms with E-state index in [0.29, 0.717) is 11.3 Å². The van der Waals surface area contributed by atoms with Gasteiger partial charge in [0.2, 0.25) is 11.8 Å². The molecule has 8 nitrogen and oxygen atoms in total.